The Morgan fingerprint density at radius 3 is 2.46 bits per heavy atom. The number of benzene rings is 1. The Morgan fingerprint density at radius 1 is 1.17 bits per heavy atom. The highest BCUT2D eigenvalue weighted by atomic mass is 16.5. The lowest BCUT2D eigenvalue weighted by Gasteiger charge is -2.10. The van der Waals surface area contributed by atoms with Crippen molar-refractivity contribution in [1.82, 2.24) is 0 Å². The predicted molar refractivity (Wildman–Crippen MR) is 95.4 cm³/mol. The van der Waals surface area contributed by atoms with E-state index >= 15 is 0 Å². The first kappa shape index (κ1) is 20.1. The highest BCUT2D eigenvalue weighted by Crippen LogP contribution is 2.21. The molecule has 0 aliphatic heterocycles. The van der Waals surface area contributed by atoms with Crippen molar-refractivity contribution in [2.75, 3.05) is 6.61 Å². The van der Waals surface area contributed by atoms with Crippen LogP contribution in [-0.4, -0.2) is 28.4 Å². The van der Waals surface area contributed by atoms with Crippen molar-refractivity contribution in [1.29, 1.82) is 0 Å². The Bertz CT molecular complexity index is 588. The quantitative estimate of drug-likeness (QED) is 0.524. The van der Waals surface area contributed by atoms with Gasteiger partial charge >= 0.3 is 5.97 Å². The van der Waals surface area contributed by atoms with E-state index in [-0.39, 0.29) is 5.56 Å². The number of hydrogen-bond acceptors (Lipinski definition) is 3. The van der Waals surface area contributed by atoms with Crippen LogP contribution in [0.5, 0.6) is 5.75 Å². The average Bonchev–Trinajstić information content (AvgIpc) is 2.51. The summed E-state index contributed by atoms with van der Waals surface area (Å²) in [6, 6.07) is 4.83. The lowest BCUT2D eigenvalue weighted by molar-refractivity contribution is 0.0692. The molecule has 0 aliphatic rings. The van der Waals surface area contributed by atoms with Crippen molar-refractivity contribution in [3.63, 3.8) is 0 Å². The van der Waals surface area contributed by atoms with Gasteiger partial charge in [0.2, 0.25) is 0 Å². The van der Waals surface area contributed by atoms with Gasteiger partial charge in [0, 0.05) is 5.56 Å². The van der Waals surface area contributed by atoms with Crippen LogP contribution in [0.4, 0.5) is 0 Å². The number of aliphatic hydroxyl groups is 1. The second-order valence-corrected chi connectivity index (χ2v) is 6.44. The molecule has 24 heavy (non-hydrogen) atoms. The van der Waals surface area contributed by atoms with Gasteiger partial charge < -0.3 is 14.9 Å². The third-order valence-corrected chi connectivity index (χ3v) is 3.48. The smallest absolute Gasteiger partial charge is 0.339 e. The highest BCUT2D eigenvalue weighted by molar-refractivity contribution is 5.91. The van der Waals surface area contributed by atoms with Crippen molar-refractivity contribution in [2.24, 2.45) is 0 Å². The van der Waals surface area contributed by atoms with Crippen LogP contribution in [0.2, 0.25) is 0 Å². The van der Waals surface area contributed by atoms with Crippen molar-refractivity contribution < 1.29 is 19.7 Å². The minimum absolute atomic E-state index is 0.100. The van der Waals surface area contributed by atoms with E-state index in [1.54, 1.807) is 26.0 Å². The molecule has 0 aliphatic carbocycles. The molecule has 0 saturated heterocycles. The van der Waals surface area contributed by atoms with Gasteiger partial charge in [-0.1, -0.05) is 50.9 Å². The number of aromatic carboxylic acids is 1. The molecular weight excluding hydrogens is 304 g/mol. The monoisotopic (exact) mass is 332 g/mol. The summed E-state index contributed by atoms with van der Waals surface area (Å²) in [7, 11) is 0. The molecule has 0 amide bonds. The van der Waals surface area contributed by atoms with Crippen LogP contribution >= 0.6 is 0 Å². The lowest BCUT2D eigenvalue weighted by Crippen LogP contribution is -2.14. The van der Waals surface area contributed by atoms with Gasteiger partial charge in [0.1, 0.15) is 16.9 Å². The largest absolute Gasteiger partial charge is 0.493 e. The zero-order chi connectivity index (χ0) is 18.0. The van der Waals surface area contributed by atoms with Crippen LogP contribution in [0.15, 0.2) is 18.2 Å². The molecule has 2 N–H and O–H groups in total. The van der Waals surface area contributed by atoms with E-state index in [0.29, 0.717) is 17.9 Å². The van der Waals surface area contributed by atoms with Crippen LogP contribution in [0.3, 0.4) is 0 Å². The molecule has 4 nitrogen and oxygen atoms in total. The van der Waals surface area contributed by atoms with Crippen molar-refractivity contribution >= 4 is 5.97 Å². The van der Waals surface area contributed by atoms with Gasteiger partial charge in [-0.25, -0.2) is 4.79 Å². The Hall–Kier alpha value is -1.99. The molecule has 1 aromatic rings. The number of rotatable bonds is 9. The molecule has 132 valence electrons. The van der Waals surface area contributed by atoms with E-state index in [4.69, 9.17) is 4.74 Å². The Balaban J connectivity index is 2.64. The number of carbonyl (C=O) groups is 1. The molecular formula is C20H28O4. The normalized spacial score (nSPS) is 10.8. The zero-order valence-corrected chi connectivity index (χ0v) is 14.9. The molecule has 4 heteroatoms. The lowest BCUT2D eigenvalue weighted by atomic mass is 10.1. The summed E-state index contributed by atoms with van der Waals surface area (Å²) in [4.78, 5) is 11.4. The fourth-order valence-corrected chi connectivity index (χ4v) is 2.19. The van der Waals surface area contributed by atoms with Crippen molar-refractivity contribution in [3.05, 3.63) is 29.3 Å². The van der Waals surface area contributed by atoms with E-state index in [1.807, 2.05) is 0 Å². The summed E-state index contributed by atoms with van der Waals surface area (Å²) in [6.45, 7) is 5.86. The molecule has 0 bridgehead atoms. The fourth-order valence-electron chi connectivity index (χ4n) is 2.19. The van der Waals surface area contributed by atoms with Crippen molar-refractivity contribution in [2.45, 2.75) is 64.9 Å². The molecule has 0 atom stereocenters. The number of carboxylic acids is 1. The summed E-state index contributed by atoms with van der Waals surface area (Å²) < 4.78 is 5.63. The molecule has 0 radical (unpaired) electrons. The SMILES string of the molecule is CCCCCCCCOc1ccc(C#CC(C)(C)O)cc1C(=O)O. The first-order chi connectivity index (χ1) is 11.3. The summed E-state index contributed by atoms with van der Waals surface area (Å²) in [5, 5.41) is 19.0. The van der Waals surface area contributed by atoms with E-state index in [2.05, 4.69) is 18.8 Å². The molecule has 0 saturated carbocycles. The van der Waals surface area contributed by atoms with Crippen LogP contribution < -0.4 is 4.74 Å². The molecule has 0 unspecified atom stereocenters. The minimum atomic E-state index is -1.11. The molecule has 1 aromatic carbocycles. The minimum Gasteiger partial charge on any atom is -0.493 e. The van der Waals surface area contributed by atoms with Crippen LogP contribution in [-0.2, 0) is 0 Å². The standard InChI is InChI=1S/C20H28O4/c1-4-5-6-7-8-9-14-24-18-11-10-16(12-13-20(2,3)23)15-17(18)19(21)22/h10-11,15,23H,4-9,14H2,1-3H3,(H,21,22). The van der Waals surface area contributed by atoms with Gasteiger partial charge in [0.25, 0.3) is 0 Å². The van der Waals surface area contributed by atoms with E-state index in [9.17, 15) is 15.0 Å². The topological polar surface area (TPSA) is 66.8 Å². The maximum absolute atomic E-state index is 11.4. The number of ether oxygens (including phenoxy) is 1. The maximum atomic E-state index is 11.4. The molecule has 0 fully saturated rings. The van der Waals surface area contributed by atoms with Crippen LogP contribution in [0.25, 0.3) is 0 Å². The van der Waals surface area contributed by atoms with Crippen LogP contribution in [0.1, 0.15) is 75.2 Å². The van der Waals surface area contributed by atoms with Gasteiger partial charge in [0.15, 0.2) is 0 Å². The van der Waals surface area contributed by atoms with Gasteiger partial charge in [-0.2, -0.15) is 0 Å². The first-order valence-electron chi connectivity index (χ1n) is 8.59. The van der Waals surface area contributed by atoms with Crippen LogP contribution in [0, 0.1) is 11.8 Å². The molecule has 0 spiro atoms. The highest BCUT2D eigenvalue weighted by Gasteiger charge is 2.12. The number of unbranched alkanes of at least 4 members (excludes halogenated alkanes) is 5. The Morgan fingerprint density at radius 2 is 1.83 bits per heavy atom. The maximum Gasteiger partial charge on any atom is 0.339 e. The van der Waals surface area contributed by atoms with Crippen molar-refractivity contribution in [3.8, 4) is 17.6 Å². The third kappa shape index (κ3) is 8.03. The van der Waals surface area contributed by atoms with E-state index < -0.39 is 11.6 Å². The molecule has 0 aromatic heterocycles. The Kier molecular flexibility index (Phi) is 8.35. The average molecular weight is 332 g/mol. The zero-order valence-electron chi connectivity index (χ0n) is 14.9. The van der Waals surface area contributed by atoms with Gasteiger partial charge in [0.05, 0.1) is 6.61 Å². The van der Waals surface area contributed by atoms with E-state index in [0.717, 1.165) is 12.8 Å². The first-order valence-corrected chi connectivity index (χ1v) is 8.59. The second kappa shape index (κ2) is 10.00. The predicted octanol–water partition coefficient (Wildman–Crippen LogP) is 4.25. The second-order valence-electron chi connectivity index (χ2n) is 6.44. The van der Waals surface area contributed by atoms with Gasteiger partial charge in [-0.3, -0.25) is 0 Å². The van der Waals surface area contributed by atoms with E-state index in [1.165, 1.54) is 31.7 Å². The fraction of sp³-hybridized carbons (Fsp3) is 0.550. The molecule has 0 heterocycles. The summed E-state index contributed by atoms with van der Waals surface area (Å²) >= 11 is 0. The summed E-state index contributed by atoms with van der Waals surface area (Å²) in [5.74, 6) is 4.78. The van der Waals surface area contributed by atoms with Gasteiger partial charge in [-0.15, -0.1) is 0 Å². The van der Waals surface area contributed by atoms with Gasteiger partial charge in [-0.05, 0) is 38.5 Å². The summed E-state index contributed by atoms with van der Waals surface area (Å²) in [5.41, 5.74) is -0.471. The number of hydrogen-bond donors (Lipinski definition) is 2. The third-order valence-electron chi connectivity index (χ3n) is 3.48. The number of carboxylic acid groups (broad SMARTS) is 1. The summed E-state index contributed by atoms with van der Waals surface area (Å²) in [6.07, 6.45) is 6.93. The Labute approximate surface area is 144 Å². The molecule has 1 rings (SSSR count).